The minimum Gasteiger partial charge on any atom is -0.368 e. The fourth-order valence-corrected chi connectivity index (χ4v) is 1.99. The molecule has 0 atom stereocenters. The van der Waals surface area contributed by atoms with Gasteiger partial charge in [-0.1, -0.05) is 23.2 Å². The molecule has 0 spiro atoms. The van der Waals surface area contributed by atoms with Gasteiger partial charge in [0.05, 0.1) is 15.7 Å². The van der Waals surface area contributed by atoms with Crippen LogP contribution in [0.15, 0.2) is 12.3 Å². The molecule has 0 aromatic carbocycles. The molecule has 0 bridgehead atoms. The van der Waals surface area contributed by atoms with Gasteiger partial charge in [-0.25, -0.2) is 19.3 Å². The van der Waals surface area contributed by atoms with Crippen LogP contribution in [0.25, 0.3) is 11.5 Å². The Morgan fingerprint density at radius 2 is 2.05 bits per heavy atom. The maximum absolute atomic E-state index is 13.8. The molecule has 0 aliphatic rings. The van der Waals surface area contributed by atoms with Crippen LogP contribution in [0.5, 0.6) is 0 Å². The molecule has 0 saturated carbocycles. The second-order valence-corrected chi connectivity index (χ2v) is 4.65. The van der Waals surface area contributed by atoms with Crippen molar-refractivity contribution in [2.24, 2.45) is 0 Å². The molecule has 100 valence electrons. The Kier molecular flexibility index (Phi) is 4.17. The molecule has 0 amide bonds. The zero-order chi connectivity index (χ0) is 14.0. The van der Waals surface area contributed by atoms with Crippen LogP contribution in [0.4, 0.5) is 10.2 Å². The van der Waals surface area contributed by atoms with E-state index in [4.69, 9.17) is 23.2 Å². The van der Waals surface area contributed by atoms with Gasteiger partial charge in [-0.2, -0.15) is 0 Å². The van der Waals surface area contributed by atoms with Crippen LogP contribution in [0.1, 0.15) is 12.6 Å². The van der Waals surface area contributed by atoms with Crippen molar-refractivity contribution in [1.82, 2.24) is 15.0 Å². The maximum atomic E-state index is 13.8. The number of hydrogen-bond acceptors (Lipinski definition) is 4. The number of aromatic nitrogens is 3. The monoisotopic (exact) mass is 300 g/mol. The second kappa shape index (κ2) is 5.67. The smallest absolute Gasteiger partial charge is 0.186 e. The van der Waals surface area contributed by atoms with Gasteiger partial charge in [0.2, 0.25) is 0 Å². The standard InChI is InChI=1S/C12H11Cl2FN4/c1-3-16-11-9(15)6(2)18-12(19-11)10-8(14)4-7(13)5-17-10/h4-5H,3H2,1-2H3,(H,16,18,19). The molecule has 0 aliphatic carbocycles. The van der Waals surface area contributed by atoms with E-state index in [0.29, 0.717) is 22.3 Å². The van der Waals surface area contributed by atoms with Crippen molar-refractivity contribution in [3.8, 4) is 11.5 Å². The number of nitrogens with one attached hydrogen (secondary N) is 1. The molecule has 7 heteroatoms. The van der Waals surface area contributed by atoms with E-state index >= 15 is 0 Å². The zero-order valence-corrected chi connectivity index (χ0v) is 11.8. The topological polar surface area (TPSA) is 50.7 Å². The normalized spacial score (nSPS) is 10.6. The quantitative estimate of drug-likeness (QED) is 0.938. The first-order chi connectivity index (χ1) is 9.02. The van der Waals surface area contributed by atoms with Crippen molar-refractivity contribution in [1.29, 1.82) is 0 Å². The summed E-state index contributed by atoms with van der Waals surface area (Å²) in [5.74, 6) is -0.0787. The minimum absolute atomic E-state index is 0.137. The SMILES string of the molecule is CCNc1nc(-c2ncc(Cl)cc2Cl)nc(C)c1F. The molecule has 2 heterocycles. The molecule has 0 radical (unpaired) electrons. The van der Waals surface area contributed by atoms with E-state index in [1.165, 1.54) is 6.20 Å². The lowest BCUT2D eigenvalue weighted by molar-refractivity contribution is 0.606. The highest BCUT2D eigenvalue weighted by Crippen LogP contribution is 2.27. The van der Waals surface area contributed by atoms with Crippen LogP contribution in [0, 0.1) is 12.7 Å². The zero-order valence-electron chi connectivity index (χ0n) is 10.3. The molecule has 2 aromatic heterocycles. The van der Waals surface area contributed by atoms with Crippen LogP contribution < -0.4 is 5.32 Å². The Morgan fingerprint density at radius 1 is 1.32 bits per heavy atom. The highest BCUT2D eigenvalue weighted by Gasteiger charge is 2.15. The van der Waals surface area contributed by atoms with Crippen LogP contribution in [0.2, 0.25) is 10.0 Å². The molecule has 0 saturated heterocycles. The summed E-state index contributed by atoms with van der Waals surface area (Å²) in [4.78, 5) is 12.2. The van der Waals surface area contributed by atoms with Crippen molar-refractivity contribution in [3.63, 3.8) is 0 Å². The van der Waals surface area contributed by atoms with Gasteiger partial charge in [0, 0.05) is 12.7 Å². The highest BCUT2D eigenvalue weighted by atomic mass is 35.5. The maximum Gasteiger partial charge on any atom is 0.186 e. The van der Waals surface area contributed by atoms with Gasteiger partial charge < -0.3 is 5.32 Å². The van der Waals surface area contributed by atoms with E-state index < -0.39 is 5.82 Å². The predicted molar refractivity (Wildman–Crippen MR) is 74.1 cm³/mol. The summed E-state index contributed by atoms with van der Waals surface area (Å²) < 4.78 is 13.8. The summed E-state index contributed by atoms with van der Waals surface area (Å²) in [6.45, 7) is 3.96. The highest BCUT2D eigenvalue weighted by molar-refractivity contribution is 6.35. The molecular formula is C12H11Cl2FN4. The molecule has 0 aliphatic heterocycles. The van der Waals surface area contributed by atoms with Gasteiger partial charge in [-0.15, -0.1) is 0 Å². The molecule has 4 nitrogen and oxygen atoms in total. The van der Waals surface area contributed by atoms with Gasteiger partial charge in [-0.3, -0.25) is 0 Å². The number of nitrogens with zero attached hydrogens (tertiary/aromatic N) is 3. The number of anilines is 1. The molecule has 2 aromatic rings. The third kappa shape index (κ3) is 2.93. The third-order valence-corrected chi connectivity index (χ3v) is 2.88. The van der Waals surface area contributed by atoms with E-state index in [2.05, 4.69) is 20.3 Å². The van der Waals surface area contributed by atoms with Crippen LogP contribution in [-0.4, -0.2) is 21.5 Å². The van der Waals surface area contributed by atoms with E-state index in [-0.39, 0.29) is 17.3 Å². The van der Waals surface area contributed by atoms with E-state index in [1.54, 1.807) is 13.0 Å². The molecule has 0 unspecified atom stereocenters. The number of rotatable bonds is 3. The lowest BCUT2D eigenvalue weighted by atomic mass is 10.3. The van der Waals surface area contributed by atoms with Crippen LogP contribution >= 0.6 is 23.2 Å². The first-order valence-corrected chi connectivity index (χ1v) is 6.38. The molecule has 19 heavy (non-hydrogen) atoms. The largest absolute Gasteiger partial charge is 0.368 e. The Bertz CT molecular complexity index is 619. The van der Waals surface area contributed by atoms with Crippen molar-refractivity contribution < 1.29 is 4.39 Å². The summed E-state index contributed by atoms with van der Waals surface area (Å²) in [7, 11) is 0. The Balaban J connectivity index is 2.56. The van der Waals surface area contributed by atoms with Gasteiger partial charge >= 0.3 is 0 Å². The molecule has 2 rings (SSSR count). The Labute approximate surface area is 120 Å². The van der Waals surface area contributed by atoms with Crippen molar-refractivity contribution in [2.45, 2.75) is 13.8 Å². The molecular weight excluding hydrogens is 290 g/mol. The summed E-state index contributed by atoms with van der Waals surface area (Å²) in [6, 6.07) is 1.54. The number of pyridine rings is 1. The molecule has 1 N–H and O–H groups in total. The Morgan fingerprint density at radius 3 is 2.68 bits per heavy atom. The average Bonchev–Trinajstić information content (AvgIpc) is 2.35. The van der Waals surface area contributed by atoms with E-state index in [1.807, 2.05) is 6.92 Å². The fraction of sp³-hybridized carbons (Fsp3) is 0.250. The summed E-state index contributed by atoms with van der Waals surface area (Å²) in [5.41, 5.74) is 0.599. The lowest BCUT2D eigenvalue weighted by Gasteiger charge is -2.09. The Hall–Kier alpha value is -1.46. The molecule has 0 fully saturated rings. The number of halogens is 3. The van der Waals surface area contributed by atoms with Crippen LogP contribution in [-0.2, 0) is 0 Å². The summed E-state index contributed by atoms with van der Waals surface area (Å²) in [5, 5.41) is 3.57. The third-order valence-electron chi connectivity index (χ3n) is 2.38. The summed E-state index contributed by atoms with van der Waals surface area (Å²) >= 11 is 11.8. The van der Waals surface area contributed by atoms with Gasteiger partial charge in [-0.05, 0) is 19.9 Å². The van der Waals surface area contributed by atoms with Crippen molar-refractivity contribution in [2.75, 3.05) is 11.9 Å². The minimum atomic E-state index is -0.476. The summed E-state index contributed by atoms with van der Waals surface area (Å²) in [6.07, 6.45) is 1.44. The average molecular weight is 301 g/mol. The second-order valence-electron chi connectivity index (χ2n) is 3.81. The predicted octanol–water partition coefficient (Wildman–Crippen LogP) is 3.72. The fourth-order valence-electron chi connectivity index (χ4n) is 1.53. The number of hydrogen-bond donors (Lipinski definition) is 1. The van der Waals surface area contributed by atoms with E-state index in [0.717, 1.165) is 0 Å². The van der Waals surface area contributed by atoms with Crippen molar-refractivity contribution >= 4 is 29.0 Å². The van der Waals surface area contributed by atoms with Crippen LogP contribution in [0.3, 0.4) is 0 Å². The number of aryl methyl sites for hydroxylation is 1. The first kappa shape index (κ1) is 14.0. The lowest BCUT2D eigenvalue weighted by Crippen LogP contribution is -2.07. The van der Waals surface area contributed by atoms with Gasteiger partial charge in [0.1, 0.15) is 5.69 Å². The van der Waals surface area contributed by atoms with Gasteiger partial charge in [0.15, 0.2) is 17.5 Å². The van der Waals surface area contributed by atoms with Gasteiger partial charge in [0.25, 0.3) is 0 Å². The van der Waals surface area contributed by atoms with Crippen molar-refractivity contribution in [3.05, 3.63) is 33.8 Å². The van der Waals surface area contributed by atoms with E-state index in [9.17, 15) is 4.39 Å². The first-order valence-electron chi connectivity index (χ1n) is 5.62.